The molecule has 0 atom stereocenters. The Morgan fingerprint density at radius 1 is 1.39 bits per heavy atom. The number of carbonyl (C=O) groups is 2. The van der Waals surface area contributed by atoms with Gasteiger partial charge in [-0.15, -0.1) is 0 Å². The van der Waals surface area contributed by atoms with Crippen LogP contribution in [0.4, 0.5) is 10.1 Å². The van der Waals surface area contributed by atoms with Crippen molar-refractivity contribution >= 4 is 40.0 Å². The van der Waals surface area contributed by atoms with Crippen LogP contribution in [0.15, 0.2) is 18.7 Å². The molecule has 8 heteroatoms. The molecule has 148 valence electrons. The summed E-state index contributed by atoms with van der Waals surface area (Å²) < 4.78 is 15.3. The molecule has 2 fully saturated rings. The summed E-state index contributed by atoms with van der Waals surface area (Å²) in [5.41, 5.74) is 6.67. The third kappa shape index (κ3) is 2.60. The van der Waals surface area contributed by atoms with Crippen molar-refractivity contribution in [1.29, 1.82) is 0 Å². The molecule has 1 aromatic carbocycles. The van der Waals surface area contributed by atoms with Gasteiger partial charge < -0.3 is 20.5 Å². The first kappa shape index (κ1) is 18.8. The summed E-state index contributed by atoms with van der Waals surface area (Å²) in [6, 6.07) is 1.18. The van der Waals surface area contributed by atoms with Crippen LogP contribution in [0.2, 0.25) is 5.02 Å². The Labute approximate surface area is 167 Å². The van der Waals surface area contributed by atoms with Gasteiger partial charge in [-0.3, -0.25) is 9.59 Å². The van der Waals surface area contributed by atoms with Crippen LogP contribution in [0, 0.1) is 12.7 Å². The van der Waals surface area contributed by atoms with Crippen molar-refractivity contribution in [3.63, 3.8) is 0 Å². The van der Waals surface area contributed by atoms with Crippen molar-refractivity contribution in [2.75, 3.05) is 24.5 Å². The molecule has 6 nitrogen and oxygen atoms in total. The monoisotopic (exact) mass is 404 g/mol. The highest BCUT2D eigenvalue weighted by atomic mass is 35.5. The number of aromatic amines is 1. The molecule has 1 aromatic heterocycles. The number of primary amides is 1. The molecule has 3 N–H and O–H groups in total. The van der Waals surface area contributed by atoms with Crippen molar-refractivity contribution in [3.8, 4) is 0 Å². The molecule has 2 aliphatic heterocycles. The number of rotatable bonds is 3. The van der Waals surface area contributed by atoms with Gasteiger partial charge in [0.15, 0.2) is 0 Å². The fraction of sp³-hybridized carbons (Fsp3) is 0.400. The molecule has 28 heavy (non-hydrogen) atoms. The summed E-state index contributed by atoms with van der Waals surface area (Å²) in [6.07, 6.45) is 4.08. The molecule has 0 saturated carbocycles. The lowest BCUT2D eigenvalue weighted by molar-refractivity contribution is -0.133. The number of benzene rings is 1. The molecule has 2 aromatic rings. The van der Waals surface area contributed by atoms with E-state index in [2.05, 4.69) is 11.6 Å². The van der Waals surface area contributed by atoms with E-state index in [1.54, 1.807) is 11.8 Å². The minimum absolute atomic E-state index is 0.0781. The zero-order valence-corrected chi connectivity index (χ0v) is 16.4. The summed E-state index contributed by atoms with van der Waals surface area (Å²) in [5, 5.41) is 0.855. The number of H-pyrrole nitrogens is 1. The highest BCUT2D eigenvalue weighted by Gasteiger charge is 2.51. The first-order valence-corrected chi connectivity index (χ1v) is 9.66. The van der Waals surface area contributed by atoms with Crippen LogP contribution < -0.4 is 10.6 Å². The van der Waals surface area contributed by atoms with E-state index in [0.717, 1.165) is 19.3 Å². The molecule has 0 aliphatic carbocycles. The fourth-order valence-electron chi connectivity index (χ4n) is 4.59. The number of likely N-dealkylation sites (tertiary alicyclic amines) is 1. The van der Waals surface area contributed by atoms with Crippen LogP contribution in [0.25, 0.3) is 10.9 Å². The predicted molar refractivity (Wildman–Crippen MR) is 107 cm³/mol. The van der Waals surface area contributed by atoms with Gasteiger partial charge in [-0.05, 0) is 38.3 Å². The lowest BCUT2D eigenvalue weighted by Crippen LogP contribution is -2.72. The van der Waals surface area contributed by atoms with Gasteiger partial charge in [0.1, 0.15) is 5.82 Å². The van der Waals surface area contributed by atoms with Gasteiger partial charge in [0.2, 0.25) is 5.91 Å². The van der Waals surface area contributed by atoms with E-state index >= 15 is 4.39 Å². The molecule has 3 heterocycles. The Bertz CT molecular complexity index is 1010. The van der Waals surface area contributed by atoms with Crippen LogP contribution in [0.5, 0.6) is 0 Å². The number of halogens is 2. The van der Waals surface area contributed by atoms with E-state index in [1.165, 1.54) is 12.1 Å². The molecule has 2 aliphatic rings. The standard InChI is InChI=1S/C20H22ClFN4O2/c1-3-14(27)25-9-20(10-25)6-4-5-7-26(20)18-13(22)8-12(19(23)28)17-15(18)16(21)11(2)24-17/h3,8,24H,1,4-7,9-10H2,2H3,(H2,23,28). The average Bonchev–Trinajstić information content (AvgIpc) is 2.93. The number of nitrogens with zero attached hydrogens (tertiary/aromatic N) is 2. The van der Waals surface area contributed by atoms with Gasteiger partial charge in [-0.1, -0.05) is 18.2 Å². The largest absolute Gasteiger partial charge is 0.366 e. The van der Waals surface area contributed by atoms with Gasteiger partial charge in [0.25, 0.3) is 5.91 Å². The molecule has 0 unspecified atom stereocenters. The van der Waals surface area contributed by atoms with Gasteiger partial charge >= 0.3 is 0 Å². The lowest BCUT2D eigenvalue weighted by Gasteiger charge is -2.58. The Balaban J connectivity index is 1.87. The smallest absolute Gasteiger partial charge is 0.250 e. The van der Waals surface area contributed by atoms with Crippen LogP contribution in [-0.4, -0.2) is 46.9 Å². The van der Waals surface area contributed by atoms with Gasteiger partial charge in [-0.2, -0.15) is 0 Å². The van der Waals surface area contributed by atoms with Crippen molar-refractivity contribution in [3.05, 3.63) is 40.8 Å². The first-order chi connectivity index (χ1) is 13.3. The topological polar surface area (TPSA) is 82.4 Å². The normalized spacial score (nSPS) is 18.4. The summed E-state index contributed by atoms with van der Waals surface area (Å²) in [5.74, 6) is -1.37. The molecule has 0 bridgehead atoms. The third-order valence-electron chi connectivity index (χ3n) is 5.95. The average molecular weight is 405 g/mol. The fourth-order valence-corrected chi connectivity index (χ4v) is 4.83. The van der Waals surface area contributed by atoms with Crippen LogP contribution in [0.3, 0.4) is 0 Å². The second kappa shape index (κ2) is 6.51. The minimum atomic E-state index is -0.715. The van der Waals surface area contributed by atoms with E-state index in [4.69, 9.17) is 17.3 Å². The first-order valence-electron chi connectivity index (χ1n) is 9.28. The van der Waals surface area contributed by atoms with Crippen molar-refractivity contribution < 1.29 is 14.0 Å². The number of hydrogen-bond donors (Lipinski definition) is 2. The number of nitrogens with two attached hydrogens (primary N) is 1. The Morgan fingerprint density at radius 2 is 2.11 bits per heavy atom. The zero-order chi connectivity index (χ0) is 20.2. The quantitative estimate of drug-likeness (QED) is 0.771. The number of carbonyl (C=O) groups excluding carboxylic acids is 2. The molecule has 0 radical (unpaired) electrons. The molecular formula is C20H22ClFN4O2. The number of hydrogen-bond acceptors (Lipinski definition) is 3. The number of anilines is 1. The van der Waals surface area contributed by atoms with Crippen LogP contribution in [0.1, 0.15) is 35.3 Å². The number of aryl methyl sites for hydroxylation is 1. The second-order valence-corrected chi connectivity index (χ2v) is 8.04. The summed E-state index contributed by atoms with van der Waals surface area (Å²) >= 11 is 6.52. The third-order valence-corrected chi connectivity index (χ3v) is 6.43. The minimum Gasteiger partial charge on any atom is -0.366 e. The van der Waals surface area contributed by atoms with E-state index in [1.807, 2.05) is 4.90 Å². The van der Waals surface area contributed by atoms with Gasteiger partial charge in [0.05, 0.1) is 27.3 Å². The maximum absolute atomic E-state index is 15.3. The summed E-state index contributed by atoms with van der Waals surface area (Å²) in [7, 11) is 0. The summed E-state index contributed by atoms with van der Waals surface area (Å²) in [6.45, 7) is 6.99. The highest BCUT2D eigenvalue weighted by molar-refractivity contribution is 6.38. The molecule has 2 saturated heterocycles. The highest BCUT2D eigenvalue weighted by Crippen LogP contribution is 2.46. The van der Waals surface area contributed by atoms with Crippen molar-refractivity contribution in [2.24, 2.45) is 5.73 Å². The van der Waals surface area contributed by atoms with Crippen LogP contribution >= 0.6 is 11.6 Å². The molecule has 2 amide bonds. The second-order valence-electron chi connectivity index (χ2n) is 7.66. The Hall–Kier alpha value is -2.54. The van der Waals surface area contributed by atoms with E-state index in [0.29, 0.717) is 46.9 Å². The SMILES string of the molecule is C=CC(=O)N1CC2(CCCCN2c2c(F)cc(C(N)=O)c3[nH]c(C)c(Cl)c23)C1. The van der Waals surface area contributed by atoms with E-state index in [-0.39, 0.29) is 17.0 Å². The van der Waals surface area contributed by atoms with E-state index in [9.17, 15) is 9.59 Å². The zero-order valence-electron chi connectivity index (χ0n) is 15.6. The van der Waals surface area contributed by atoms with Crippen LogP contribution in [-0.2, 0) is 4.79 Å². The predicted octanol–water partition coefficient (Wildman–Crippen LogP) is 3.13. The number of piperidine rings is 1. The number of fused-ring (bicyclic) bond motifs is 1. The van der Waals surface area contributed by atoms with Crippen molar-refractivity contribution in [1.82, 2.24) is 9.88 Å². The maximum atomic E-state index is 15.3. The maximum Gasteiger partial charge on any atom is 0.250 e. The van der Waals surface area contributed by atoms with Crippen molar-refractivity contribution in [2.45, 2.75) is 31.7 Å². The van der Waals surface area contributed by atoms with E-state index < -0.39 is 11.7 Å². The van der Waals surface area contributed by atoms with Gasteiger partial charge in [0, 0.05) is 30.7 Å². The molecule has 4 rings (SSSR count). The van der Waals surface area contributed by atoms with Gasteiger partial charge in [-0.25, -0.2) is 4.39 Å². The Morgan fingerprint density at radius 3 is 2.75 bits per heavy atom. The summed E-state index contributed by atoms with van der Waals surface area (Å²) in [4.78, 5) is 30.6. The number of nitrogens with one attached hydrogen (secondary N) is 1. The Kier molecular flexibility index (Phi) is 4.38. The number of amides is 2. The number of aromatic nitrogens is 1. The molecule has 1 spiro atoms. The lowest BCUT2D eigenvalue weighted by atomic mass is 9.79. The molecular weight excluding hydrogens is 383 g/mol.